The molecule has 0 atom stereocenters. The summed E-state index contributed by atoms with van der Waals surface area (Å²) in [6, 6.07) is 5.05. The SMILES string of the molecule is O=C(Nc1ccsc1C(=O)NCCCC1CCCC1)c1ccncc1. The molecule has 2 amide bonds. The van der Waals surface area contributed by atoms with Crippen molar-refractivity contribution in [1.82, 2.24) is 10.3 Å². The first-order valence-electron chi connectivity index (χ1n) is 8.81. The van der Waals surface area contributed by atoms with E-state index in [-0.39, 0.29) is 11.8 Å². The van der Waals surface area contributed by atoms with Gasteiger partial charge in [-0.2, -0.15) is 0 Å². The largest absolute Gasteiger partial charge is 0.351 e. The maximum atomic E-state index is 12.4. The Balaban J connectivity index is 1.50. The molecule has 2 N–H and O–H groups in total. The molecule has 5 nitrogen and oxygen atoms in total. The third kappa shape index (κ3) is 4.89. The van der Waals surface area contributed by atoms with Gasteiger partial charge >= 0.3 is 0 Å². The van der Waals surface area contributed by atoms with Crippen molar-refractivity contribution < 1.29 is 9.59 Å². The maximum absolute atomic E-state index is 12.4. The zero-order valence-electron chi connectivity index (χ0n) is 14.2. The number of thiophene rings is 1. The fourth-order valence-electron chi connectivity index (χ4n) is 3.25. The molecule has 1 aliphatic rings. The predicted octanol–water partition coefficient (Wildman–Crippen LogP) is 4.10. The van der Waals surface area contributed by atoms with Crippen molar-refractivity contribution in [1.29, 1.82) is 0 Å². The van der Waals surface area contributed by atoms with Crippen LogP contribution in [0.3, 0.4) is 0 Å². The van der Waals surface area contributed by atoms with Gasteiger partial charge in [-0.05, 0) is 42.3 Å². The minimum Gasteiger partial charge on any atom is -0.351 e. The summed E-state index contributed by atoms with van der Waals surface area (Å²) in [6.07, 6.45) is 10.7. The summed E-state index contributed by atoms with van der Waals surface area (Å²) in [6.45, 7) is 0.685. The third-order valence-corrected chi connectivity index (χ3v) is 5.52. The van der Waals surface area contributed by atoms with Gasteiger partial charge in [0.25, 0.3) is 11.8 Å². The van der Waals surface area contributed by atoms with Crippen LogP contribution in [0.2, 0.25) is 0 Å². The molecule has 0 aliphatic heterocycles. The lowest BCUT2D eigenvalue weighted by Crippen LogP contribution is -2.25. The second-order valence-corrected chi connectivity index (χ2v) is 7.32. The Morgan fingerprint density at radius 1 is 1.12 bits per heavy atom. The van der Waals surface area contributed by atoms with Gasteiger partial charge < -0.3 is 10.6 Å². The summed E-state index contributed by atoms with van der Waals surface area (Å²) in [5.74, 6) is 0.483. The zero-order chi connectivity index (χ0) is 17.5. The molecule has 1 saturated carbocycles. The molecule has 1 aliphatic carbocycles. The van der Waals surface area contributed by atoms with Crippen LogP contribution in [0.25, 0.3) is 0 Å². The number of hydrogen-bond acceptors (Lipinski definition) is 4. The fraction of sp³-hybridized carbons (Fsp3) is 0.421. The van der Waals surface area contributed by atoms with Crippen molar-refractivity contribution in [3.05, 3.63) is 46.4 Å². The van der Waals surface area contributed by atoms with E-state index in [0.717, 1.165) is 12.3 Å². The first-order valence-corrected chi connectivity index (χ1v) is 9.69. The Bertz CT molecular complexity index is 708. The summed E-state index contributed by atoms with van der Waals surface area (Å²) in [5.41, 5.74) is 1.07. The Morgan fingerprint density at radius 3 is 2.64 bits per heavy atom. The molecule has 132 valence electrons. The molecule has 2 heterocycles. The molecule has 0 bridgehead atoms. The van der Waals surface area contributed by atoms with Crippen molar-refractivity contribution in [3.63, 3.8) is 0 Å². The highest BCUT2D eigenvalue weighted by Crippen LogP contribution is 2.28. The molecule has 3 rings (SSSR count). The summed E-state index contributed by atoms with van der Waals surface area (Å²) >= 11 is 1.34. The Kier molecular flexibility index (Phi) is 6.17. The molecule has 2 aromatic heterocycles. The summed E-state index contributed by atoms with van der Waals surface area (Å²) in [5, 5.41) is 7.59. The highest BCUT2D eigenvalue weighted by atomic mass is 32.1. The van der Waals surface area contributed by atoms with E-state index in [1.807, 2.05) is 5.38 Å². The highest BCUT2D eigenvalue weighted by Gasteiger charge is 2.17. The molecule has 0 radical (unpaired) electrons. The number of aromatic nitrogens is 1. The first-order chi connectivity index (χ1) is 12.2. The van der Waals surface area contributed by atoms with E-state index in [4.69, 9.17) is 0 Å². The normalized spacial score (nSPS) is 14.4. The van der Waals surface area contributed by atoms with Crippen molar-refractivity contribution in [2.24, 2.45) is 5.92 Å². The van der Waals surface area contributed by atoms with Gasteiger partial charge in [-0.3, -0.25) is 14.6 Å². The van der Waals surface area contributed by atoms with Gasteiger partial charge in [0.05, 0.1) is 5.69 Å². The van der Waals surface area contributed by atoms with Crippen molar-refractivity contribution in [2.45, 2.75) is 38.5 Å². The van der Waals surface area contributed by atoms with Gasteiger partial charge in [0.15, 0.2) is 0 Å². The molecule has 0 spiro atoms. The van der Waals surface area contributed by atoms with E-state index in [9.17, 15) is 9.59 Å². The van der Waals surface area contributed by atoms with Gasteiger partial charge in [0, 0.05) is 24.5 Å². The van der Waals surface area contributed by atoms with Crippen molar-refractivity contribution in [2.75, 3.05) is 11.9 Å². The summed E-state index contributed by atoms with van der Waals surface area (Å²) in [4.78, 5) is 29.1. The summed E-state index contributed by atoms with van der Waals surface area (Å²) in [7, 11) is 0. The Labute approximate surface area is 151 Å². The van der Waals surface area contributed by atoms with E-state index < -0.39 is 0 Å². The van der Waals surface area contributed by atoms with Crippen LogP contribution < -0.4 is 10.6 Å². The molecule has 0 unspecified atom stereocenters. The molecule has 2 aromatic rings. The van der Waals surface area contributed by atoms with Gasteiger partial charge in [-0.1, -0.05) is 25.7 Å². The van der Waals surface area contributed by atoms with Crippen molar-refractivity contribution >= 4 is 28.8 Å². The number of amides is 2. The number of rotatable bonds is 7. The second kappa shape index (κ2) is 8.76. The standard InChI is InChI=1S/C19H23N3O2S/c23-18(15-7-11-20-12-8-15)22-16-9-13-25-17(16)19(24)21-10-3-6-14-4-1-2-5-14/h7-9,11-14H,1-6,10H2,(H,21,24)(H,22,23). The van der Waals surface area contributed by atoms with Crippen LogP contribution in [0.15, 0.2) is 36.0 Å². The lowest BCUT2D eigenvalue weighted by molar-refractivity contribution is 0.0957. The minimum absolute atomic E-state index is 0.119. The predicted molar refractivity (Wildman–Crippen MR) is 100 cm³/mol. The number of carbonyl (C=O) groups excluding carboxylic acids is 2. The van der Waals surface area contributed by atoms with Crippen LogP contribution >= 0.6 is 11.3 Å². The van der Waals surface area contributed by atoms with E-state index >= 15 is 0 Å². The van der Waals surface area contributed by atoms with E-state index in [1.165, 1.54) is 43.4 Å². The lowest BCUT2D eigenvalue weighted by Gasteiger charge is -2.10. The lowest BCUT2D eigenvalue weighted by atomic mass is 10.0. The number of carbonyl (C=O) groups is 2. The Hall–Kier alpha value is -2.21. The van der Waals surface area contributed by atoms with E-state index in [2.05, 4.69) is 15.6 Å². The minimum atomic E-state index is -0.240. The number of anilines is 1. The monoisotopic (exact) mass is 357 g/mol. The highest BCUT2D eigenvalue weighted by molar-refractivity contribution is 7.12. The van der Waals surface area contributed by atoms with Crippen LogP contribution in [-0.4, -0.2) is 23.3 Å². The third-order valence-electron chi connectivity index (χ3n) is 4.61. The van der Waals surface area contributed by atoms with Gasteiger partial charge in [0.2, 0.25) is 0 Å². The van der Waals surface area contributed by atoms with Gasteiger partial charge in [0.1, 0.15) is 4.88 Å². The number of hydrogen-bond donors (Lipinski definition) is 2. The molecule has 25 heavy (non-hydrogen) atoms. The average Bonchev–Trinajstić information content (AvgIpc) is 3.31. The molecule has 6 heteroatoms. The van der Waals surface area contributed by atoms with Crippen LogP contribution in [-0.2, 0) is 0 Å². The molecular formula is C19H23N3O2S. The molecule has 1 fully saturated rings. The quantitative estimate of drug-likeness (QED) is 0.733. The second-order valence-electron chi connectivity index (χ2n) is 6.40. The number of nitrogens with zero attached hydrogens (tertiary/aromatic N) is 1. The summed E-state index contributed by atoms with van der Waals surface area (Å²) < 4.78 is 0. The number of nitrogens with one attached hydrogen (secondary N) is 2. The average molecular weight is 357 g/mol. The van der Waals surface area contributed by atoms with Gasteiger partial charge in [-0.25, -0.2) is 0 Å². The van der Waals surface area contributed by atoms with Crippen LogP contribution in [0.5, 0.6) is 0 Å². The van der Waals surface area contributed by atoms with Crippen molar-refractivity contribution in [3.8, 4) is 0 Å². The van der Waals surface area contributed by atoms with Crippen LogP contribution in [0.4, 0.5) is 5.69 Å². The molecular weight excluding hydrogens is 334 g/mol. The zero-order valence-corrected chi connectivity index (χ0v) is 15.0. The first kappa shape index (κ1) is 17.6. The van der Waals surface area contributed by atoms with Gasteiger partial charge in [-0.15, -0.1) is 11.3 Å². The molecule has 0 aromatic carbocycles. The fourth-order valence-corrected chi connectivity index (χ4v) is 4.02. The van der Waals surface area contributed by atoms with E-state index in [1.54, 1.807) is 30.6 Å². The van der Waals surface area contributed by atoms with E-state index in [0.29, 0.717) is 22.7 Å². The Morgan fingerprint density at radius 2 is 1.88 bits per heavy atom. The van der Waals surface area contributed by atoms with Crippen LogP contribution in [0, 0.1) is 5.92 Å². The maximum Gasteiger partial charge on any atom is 0.263 e. The van der Waals surface area contributed by atoms with Crippen LogP contribution in [0.1, 0.15) is 58.6 Å². The topological polar surface area (TPSA) is 71.1 Å². The molecule has 0 saturated heterocycles. The smallest absolute Gasteiger partial charge is 0.263 e. The number of pyridine rings is 1.